The van der Waals surface area contributed by atoms with E-state index < -0.39 is 0 Å². The minimum Gasteiger partial charge on any atom is -0.399 e. The van der Waals surface area contributed by atoms with E-state index in [0.29, 0.717) is 16.9 Å². The van der Waals surface area contributed by atoms with E-state index in [9.17, 15) is 4.79 Å². The van der Waals surface area contributed by atoms with E-state index in [1.54, 1.807) is 24.5 Å². The SMILES string of the molecule is Cc1ccc(NC(=O)c2c[nH]c3cc(N)ccc23)cn1. The lowest BCUT2D eigenvalue weighted by Crippen LogP contribution is -2.11. The summed E-state index contributed by atoms with van der Waals surface area (Å²) < 4.78 is 0. The second-order valence-electron chi connectivity index (χ2n) is 4.65. The lowest BCUT2D eigenvalue weighted by molar-refractivity contribution is 0.102. The Labute approximate surface area is 115 Å². The number of amides is 1. The number of anilines is 2. The first-order valence-corrected chi connectivity index (χ1v) is 6.24. The summed E-state index contributed by atoms with van der Waals surface area (Å²) in [4.78, 5) is 19.5. The zero-order chi connectivity index (χ0) is 14.1. The Balaban J connectivity index is 1.91. The first-order chi connectivity index (χ1) is 9.63. The van der Waals surface area contributed by atoms with Crippen LogP contribution in [0.15, 0.2) is 42.7 Å². The average molecular weight is 266 g/mol. The Morgan fingerprint density at radius 3 is 2.90 bits per heavy atom. The summed E-state index contributed by atoms with van der Waals surface area (Å²) in [5, 5.41) is 3.67. The van der Waals surface area contributed by atoms with E-state index in [1.807, 2.05) is 25.1 Å². The molecule has 0 aliphatic heterocycles. The van der Waals surface area contributed by atoms with Crippen molar-refractivity contribution in [2.75, 3.05) is 11.1 Å². The number of rotatable bonds is 2. The normalized spacial score (nSPS) is 10.7. The molecule has 0 saturated heterocycles. The number of hydrogen-bond acceptors (Lipinski definition) is 3. The Kier molecular flexibility index (Phi) is 2.87. The molecule has 0 radical (unpaired) electrons. The smallest absolute Gasteiger partial charge is 0.257 e. The zero-order valence-electron chi connectivity index (χ0n) is 11.0. The van der Waals surface area contributed by atoms with E-state index in [-0.39, 0.29) is 5.91 Å². The highest BCUT2D eigenvalue weighted by Crippen LogP contribution is 2.21. The predicted octanol–water partition coefficient (Wildman–Crippen LogP) is 2.71. The molecule has 2 heterocycles. The zero-order valence-corrected chi connectivity index (χ0v) is 11.0. The molecule has 0 bridgehead atoms. The standard InChI is InChI=1S/C15H14N4O/c1-9-2-4-11(7-17-9)19-15(20)13-8-18-14-6-10(16)3-5-12(13)14/h2-8,18H,16H2,1H3,(H,19,20). The third-order valence-electron chi connectivity index (χ3n) is 3.12. The second kappa shape index (κ2) is 4.70. The van der Waals surface area contributed by atoms with Gasteiger partial charge >= 0.3 is 0 Å². The van der Waals surface area contributed by atoms with Gasteiger partial charge in [0.1, 0.15) is 0 Å². The number of aryl methyl sites for hydroxylation is 1. The molecule has 100 valence electrons. The van der Waals surface area contributed by atoms with Crippen molar-refractivity contribution in [2.24, 2.45) is 0 Å². The summed E-state index contributed by atoms with van der Waals surface area (Å²) >= 11 is 0. The summed E-state index contributed by atoms with van der Waals surface area (Å²) in [7, 11) is 0. The van der Waals surface area contributed by atoms with E-state index in [4.69, 9.17) is 5.73 Å². The summed E-state index contributed by atoms with van der Waals surface area (Å²) in [6, 6.07) is 9.10. The minimum absolute atomic E-state index is 0.174. The highest BCUT2D eigenvalue weighted by atomic mass is 16.1. The number of pyridine rings is 1. The van der Waals surface area contributed by atoms with E-state index in [2.05, 4.69) is 15.3 Å². The van der Waals surface area contributed by atoms with Gasteiger partial charge in [-0.15, -0.1) is 0 Å². The van der Waals surface area contributed by atoms with Crippen LogP contribution in [0.5, 0.6) is 0 Å². The fraction of sp³-hybridized carbons (Fsp3) is 0.0667. The van der Waals surface area contributed by atoms with Crippen molar-refractivity contribution >= 4 is 28.2 Å². The first-order valence-electron chi connectivity index (χ1n) is 6.24. The predicted molar refractivity (Wildman–Crippen MR) is 79.6 cm³/mol. The molecule has 5 nitrogen and oxygen atoms in total. The third-order valence-corrected chi connectivity index (χ3v) is 3.12. The van der Waals surface area contributed by atoms with Gasteiger partial charge in [0.15, 0.2) is 0 Å². The maximum absolute atomic E-state index is 12.3. The molecule has 0 fully saturated rings. The van der Waals surface area contributed by atoms with Crippen molar-refractivity contribution in [1.82, 2.24) is 9.97 Å². The molecule has 0 saturated carbocycles. The highest BCUT2D eigenvalue weighted by molar-refractivity contribution is 6.13. The van der Waals surface area contributed by atoms with Gasteiger partial charge in [-0.1, -0.05) is 0 Å². The Morgan fingerprint density at radius 2 is 2.15 bits per heavy atom. The number of carbonyl (C=O) groups is 1. The van der Waals surface area contributed by atoms with Crippen LogP contribution in [0.4, 0.5) is 11.4 Å². The molecule has 4 N–H and O–H groups in total. The summed E-state index contributed by atoms with van der Waals surface area (Å²) in [6.45, 7) is 1.90. The van der Waals surface area contributed by atoms with Crippen LogP contribution < -0.4 is 11.1 Å². The first kappa shape index (κ1) is 12.2. The molecule has 0 unspecified atom stereocenters. The van der Waals surface area contributed by atoms with Crippen molar-refractivity contribution in [3.8, 4) is 0 Å². The topological polar surface area (TPSA) is 83.8 Å². The second-order valence-corrected chi connectivity index (χ2v) is 4.65. The van der Waals surface area contributed by atoms with Crippen molar-refractivity contribution in [1.29, 1.82) is 0 Å². The lowest BCUT2D eigenvalue weighted by Gasteiger charge is -2.04. The van der Waals surface area contributed by atoms with Crippen LogP contribution in [-0.2, 0) is 0 Å². The van der Waals surface area contributed by atoms with Crippen LogP contribution in [0.3, 0.4) is 0 Å². The number of nitrogens with two attached hydrogens (primary N) is 1. The number of benzene rings is 1. The van der Waals surface area contributed by atoms with Crippen LogP contribution >= 0.6 is 0 Å². The van der Waals surface area contributed by atoms with Gasteiger partial charge in [-0.05, 0) is 37.3 Å². The number of carbonyl (C=O) groups excluding carboxylic acids is 1. The van der Waals surface area contributed by atoms with Crippen molar-refractivity contribution in [3.63, 3.8) is 0 Å². The lowest BCUT2D eigenvalue weighted by atomic mass is 10.1. The monoisotopic (exact) mass is 266 g/mol. The minimum atomic E-state index is -0.174. The third kappa shape index (κ3) is 2.21. The molecule has 0 aliphatic rings. The molecule has 5 heteroatoms. The van der Waals surface area contributed by atoms with Crippen LogP contribution in [-0.4, -0.2) is 15.9 Å². The molecule has 2 aromatic heterocycles. The van der Waals surface area contributed by atoms with Crippen LogP contribution in [0.25, 0.3) is 10.9 Å². The quantitative estimate of drug-likeness (QED) is 0.623. The number of aromatic amines is 1. The maximum Gasteiger partial charge on any atom is 0.257 e. The van der Waals surface area contributed by atoms with Gasteiger partial charge in [0.05, 0.1) is 17.4 Å². The number of aromatic nitrogens is 2. The molecule has 0 atom stereocenters. The number of nitrogens with zero attached hydrogens (tertiary/aromatic N) is 1. The van der Waals surface area contributed by atoms with E-state index >= 15 is 0 Å². The Hall–Kier alpha value is -2.82. The van der Waals surface area contributed by atoms with Gasteiger partial charge in [-0.25, -0.2) is 0 Å². The van der Waals surface area contributed by atoms with Crippen LogP contribution in [0, 0.1) is 6.92 Å². The number of H-pyrrole nitrogens is 1. The molecule has 3 aromatic rings. The highest BCUT2D eigenvalue weighted by Gasteiger charge is 2.12. The van der Waals surface area contributed by atoms with Gasteiger partial charge < -0.3 is 16.0 Å². The molecular formula is C15H14N4O. The largest absolute Gasteiger partial charge is 0.399 e. The molecule has 0 aliphatic carbocycles. The van der Waals surface area contributed by atoms with Gasteiger partial charge in [0.25, 0.3) is 5.91 Å². The Bertz CT molecular complexity index is 774. The summed E-state index contributed by atoms with van der Waals surface area (Å²) in [6.07, 6.45) is 3.32. The van der Waals surface area contributed by atoms with Crippen molar-refractivity contribution in [3.05, 3.63) is 54.0 Å². The Morgan fingerprint density at radius 1 is 1.30 bits per heavy atom. The van der Waals surface area contributed by atoms with Gasteiger partial charge in [0, 0.05) is 28.5 Å². The number of hydrogen-bond donors (Lipinski definition) is 3. The number of fused-ring (bicyclic) bond motifs is 1. The molecular weight excluding hydrogens is 252 g/mol. The van der Waals surface area contributed by atoms with Gasteiger partial charge in [-0.3, -0.25) is 9.78 Å². The fourth-order valence-corrected chi connectivity index (χ4v) is 2.07. The number of nitrogen functional groups attached to an aromatic ring is 1. The molecule has 0 spiro atoms. The van der Waals surface area contributed by atoms with Crippen LogP contribution in [0.1, 0.15) is 16.1 Å². The average Bonchev–Trinajstić information content (AvgIpc) is 2.84. The van der Waals surface area contributed by atoms with Gasteiger partial charge in [0.2, 0.25) is 0 Å². The van der Waals surface area contributed by atoms with E-state index in [0.717, 1.165) is 16.6 Å². The summed E-state index contributed by atoms with van der Waals surface area (Å²) in [5.74, 6) is -0.174. The van der Waals surface area contributed by atoms with Crippen molar-refractivity contribution < 1.29 is 4.79 Å². The molecule has 3 rings (SSSR count). The molecule has 1 amide bonds. The maximum atomic E-state index is 12.3. The van der Waals surface area contributed by atoms with Gasteiger partial charge in [-0.2, -0.15) is 0 Å². The van der Waals surface area contributed by atoms with E-state index in [1.165, 1.54) is 0 Å². The van der Waals surface area contributed by atoms with Crippen molar-refractivity contribution in [2.45, 2.75) is 6.92 Å². The van der Waals surface area contributed by atoms with Crippen LogP contribution in [0.2, 0.25) is 0 Å². The summed E-state index contributed by atoms with van der Waals surface area (Å²) in [5.41, 5.74) is 9.39. The number of nitrogens with one attached hydrogen (secondary N) is 2. The fourth-order valence-electron chi connectivity index (χ4n) is 2.07. The molecule has 20 heavy (non-hydrogen) atoms. The molecule has 1 aromatic carbocycles.